The summed E-state index contributed by atoms with van der Waals surface area (Å²) < 4.78 is 1.79. The van der Waals surface area contributed by atoms with E-state index in [2.05, 4.69) is 39.6 Å². The monoisotopic (exact) mass is 367 g/mol. The highest BCUT2D eigenvalue weighted by Gasteiger charge is 2.28. The van der Waals surface area contributed by atoms with Gasteiger partial charge in [0.1, 0.15) is 0 Å². The van der Waals surface area contributed by atoms with Gasteiger partial charge in [-0.2, -0.15) is 5.10 Å². The second-order valence-corrected chi connectivity index (χ2v) is 7.69. The first-order chi connectivity index (χ1) is 13.2. The summed E-state index contributed by atoms with van der Waals surface area (Å²) in [5.74, 6) is 0. The molecule has 4 rings (SSSR count). The van der Waals surface area contributed by atoms with Gasteiger partial charge < -0.3 is 10.2 Å². The van der Waals surface area contributed by atoms with Crippen molar-refractivity contribution in [3.05, 3.63) is 53.3 Å². The van der Waals surface area contributed by atoms with Gasteiger partial charge in [0, 0.05) is 52.0 Å². The molecule has 6 heteroatoms. The summed E-state index contributed by atoms with van der Waals surface area (Å²) in [5, 5.41) is 7.21. The molecule has 2 amide bonds. The van der Waals surface area contributed by atoms with Crippen molar-refractivity contribution in [1.29, 1.82) is 0 Å². The number of rotatable bonds is 4. The standard InChI is InChI=1S/C21H29N5O/c1-24-16-17(15-23-24)8-9-22-21(27)26-12-10-25(11-13-26)20-7-6-18-4-2-3-5-19(18)14-20/h2-5,15-16,20H,6-14H2,1H3,(H,22,27)/t20-/m1/s1. The van der Waals surface area contributed by atoms with Gasteiger partial charge in [0.2, 0.25) is 0 Å². The van der Waals surface area contributed by atoms with Crippen LogP contribution in [0.3, 0.4) is 0 Å². The number of hydrogen-bond acceptors (Lipinski definition) is 3. The van der Waals surface area contributed by atoms with Gasteiger partial charge >= 0.3 is 6.03 Å². The third-order valence-corrected chi connectivity index (χ3v) is 5.89. The van der Waals surface area contributed by atoms with E-state index in [4.69, 9.17) is 0 Å². The molecule has 6 nitrogen and oxygen atoms in total. The molecule has 2 aromatic rings. The Morgan fingerprint density at radius 2 is 1.96 bits per heavy atom. The highest BCUT2D eigenvalue weighted by Crippen LogP contribution is 2.25. The van der Waals surface area contributed by atoms with Gasteiger partial charge in [-0.25, -0.2) is 4.79 Å². The zero-order chi connectivity index (χ0) is 18.6. The Kier molecular flexibility index (Phi) is 5.43. The number of aryl methyl sites for hydroxylation is 2. The van der Waals surface area contributed by atoms with Gasteiger partial charge in [0.05, 0.1) is 6.20 Å². The second-order valence-electron chi connectivity index (χ2n) is 7.69. The Morgan fingerprint density at radius 1 is 1.19 bits per heavy atom. The topological polar surface area (TPSA) is 53.4 Å². The Bertz CT molecular complexity index is 778. The molecule has 1 saturated heterocycles. The lowest BCUT2D eigenvalue weighted by Crippen LogP contribution is -2.55. The molecular formula is C21H29N5O. The Balaban J connectivity index is 1.21. The van der Waals surface area contributed by atoms with Crippen LogP contribution in [0.15, 0.2) is 36.7 Å². The number of amides is 2. The van der Waals surface area contributed by atoms with Crippen LogP contribution in [0.2, 0.25) is 0 Å². The van der Waals surface area contributed by atoms with E-state index in [1.807, 2.05) is 24.3 Å². The summed E-state index contributed by atoms with van der Waals surface area (Å²) >= 11 is 0. The van der Waals surface area contributed by atoms with Gasteiger partial charge in [-0.1, -0.05) is 24.3 Å². The molecule has 2 heterocycles. The number of nitrogens with zero attached hydrogens (tertiary/aromatic N) is 4. The van der Waals surface area contributed by atoms with E-state index < -0.39 is 0 Å². The van der Waals surface area contributed by atoms with Crippen LogP contribution in [0.1, 0.15) is 23.1 Å². The maximum absolute atomic E-state index is 12.4. The molecule has 2 aliphatic rings. The van der Waals surface area contributed by atoms with E-state index in [0.29, 0.717) is 12.6 Å². The molecule has 0 radical (unpaired) electrons. The number of urea groups is 1. The van der Waals surface area contributed by atoms with Gasteiger partial charge in [-0.05, 0) is 42.4 Å². The predicted molar refractivity (Wildman–Crippen MR) is 106 cm³/mol. The van der Waals surface area contributed by atoms with Crippen LogP contribution in [-0.2, 0) is 26.3 Å². The number of benzene rings is 1. The third-order valence-electron chi connectivity index (χ3n) is 5.89. The normalized spacial score (nSPS) is 20.3. The quantitative estimate of drug-likeness (QED) is 0.897. The molecule has 0 spiro atoms. The largest absolute Gasteiger partial charge is 0.338 e. The van der Waals surface area contributed by atoms with Crippen LogP contribution in [0.4, 0.5) is 4.79 Å². The number of fused-ring (bicyclic) bond motifs is 1. The van der Waals surface area contributed by atoms with Crippen LogP contribution in [0.5, 0.6) is 0 Å². The Labute approximate surface area is 161 Å². The van der Waals surface area contributed by atoms with Crippen molar-refractivity contribution in [3.63, 3.8) is 0 Å². The molecule has 1 fully saturated rings. The number of carbonyl (C=O) groups excluding carboxylic acids is 1. The van der Waals surface area contributed by atoms with E-state index >= 15 is 0 Å². The zero-order valence-corrected chi connectivity index (χ0v) is 16.1. The smallest absolute Gasteiger partial charge is 0.317 e. The van der Waals surface area contributed by atoms with Crippen molar-refractivity contribution >= 4 is 6.03 Å². The van der Waals surface area contributed by atoms with Crippen molar-refractivity contribution in [2.24, 2.45) is 7.05 Å². The Hall–Kier alpha value is -2.34. The predicted octanol–water partition coefficient (Wildman–Crippen LogP) is 1.85. The van der Waals surface area contributed by atoms with Crippen LogP contribution < -0.4 is 5.32 Å². The molecule has 0 bridgehead atoms. The summed E-state index contributed by atoms with van der Waals surface area (Å²) in [6.07, 6.45) is 8.22. The minimum absolute atomic E-state index is 0.0625. The molecule has 1 aromatic heterocycles. The van der Waals surface area contributed by atoms with E-state index in [9.17, 15) is 4.79 Å². The van der Waals surface area contributed by atoms with Crippen molar-refractivity contribution in [2.45, 2.75) is 31.7 Å². The molecule has 1 atom stereocenters. The molecule has 1 aromatic carbocycles. The lowest BCUT2D eigenvalue weighted by Gasteiger charge is -2.41. The zero-order valence-electron chi connectivity index (χ0n) is 16.1. The number of nitrogens with one attached hydrogen (secondary N) is 1. The van der Waals surface area contributed by atoms with Crippen LogP contribution in [-0.4, -0.2) is 64.4 Å². The van der Waals surface area contributed by atoms with Crippen LogP contribution >= 0.6 is 0 Å². The second kappa shape index (κ2) is 8.13. The average molecular weight is 367 g/mol. The number of aromatic nitrogens is 2. The van der Waals surface area contributed by atoms with Crippen molar-refractivity contribution in [2.75, 3.05) is 32.7 Å². The highest BCUT2D eigenvalue weighted by atomic mass is 16.2. The first kappa shape index (κ1) is 18.0. The fourth-order valence-corrected chi connectivity index (χ4v) is 4.31. The number of piperazine rings is 1. The van der Waals surface area contributed by atoms with Crippen molar-refractivity contribution in [1.82, 2.24) is 24.9 Å². The summed E-state index contributed by atoms with van der Waals surface area (Å²) in [7, 11) is 1.91. The van der Waals surface area contributed by atoms with Crippen molar-refractivity contribution < 1.29 is 4.79 Å². The van der Waals surface area contributed by atoms with Gasteiger partial charge in [-0.15, -0.1) is 0 Å². The maximum Gasteiger partial charge on any atom is 0.317 e. The maximum atomic E-state index is 12.4. The minimum Gasteiger partial charge on any atom is -0.338 e. The SMILES string of the molecule is Cn1cc(CCNC(=O)N2CCN([C@@H]3CCc4ccccc4C3)CC2)cn1. The van der Waals surface area contributed by atoms with E-state index in [0.717, 1.165) is 44.6 Å². The van der Waals surface area contributed by atoms with Gasteiger partial charge in [-0.3, -0.25) is 9.58 Å². The lowest BCUT2D eigenvalue weighted by molar-refractivity contribution is 0.101. The third kappa shape index (κ3) is 4.33. The molecule has 0 unspecified atom stereocenters. The van der Waals surface area contributed by atoms with Crippen LogP contribution in [0.25, 0.3) is 0 Å². The summed E-state index contributed by atoms with van der Waals surface area (Å²) in [4.78, 5) is 16.9. The van der Waals surface area contributed by atoms with Crippen LogP contribution in [0, 0.1) is 0 Å². The highest BCUT2D eigenvalue weighted by molar-refractivity contribution is 5.74. The summed E-state index contributed by atoms with van der Waals surface area (Å²) in [6.45, 7) is 4.24. The minimum atomic E-state index is 0.0625. The average Bonchev–Trinajstić information content (AvgIpc) is 3.12. The molecule has 1 aliphatic carbocycles. The number of carbonyl (C=O) groups is 1. The lowest BCUT2D eigenvalue weighted by atomic mass is 9.87. The summed E-state index contributed by atoms with van der Waals surface area (Å²) in [5.41, 5.74) is 4.17. The van der Waals surface area contributed by atoms with E-state index in [-0.39, 0.29) is 6.03 Å². The first-order valence-corrected chi connectivity index (χ1v) is 10.00. The molecule has 0 saturated carbocycles. The molecule has 1 N–H and O–H groups in total. The van der Waals surface area contributed by atoms with Gasteiger partial charge in [0.15, 0.2) is 0 Å². The molecule has 27 heavy (non-hydrogen) atoms. The van der Waals surface area contributed by atoms with E-state index in [1.54, 1.807) is 4.68 Å². The fraction of sp³-hybridized carbons (Fsp3) is 0.524. The van der Waals surface area contributed by atoms with E-state index in [1.165, 1.54) is 24.0 Å². The molecule has 1 aliphatic heterocycles. The number of hydrogen-bond donors (Lipinski definition) is 1. The molecular weight excluding hydrogens is 338 g/mol. The van der Waals surface area contributed by atoms with Crippen molar-refractivity contribution in [3.8, 4) is 0 Å². The Morgan fingerprint density at radius 3 is 2.70 bits per heavy atom. The van der Waals surface area contributed by atoms with Gasteiger partial charge in [0.25, 0.3) is 0 Å². The fourth-order valence-electron chi connectivity index (χ4n) is 4.31. The molecule has 144 valence electrons. The first-order valence-electron chi connectivity index (χ1n) is 10.00. The summed E-state index contributed by atoms with van der Waals surface area (Å²) in [6, 6.07) is 9.51.